The van der Waals surface area contributed by atoms with Gasteiger partial charge in [0.2, 0.25) is 11.9 Å². The van der Waals surface area contributed by atoms with Crippen LogP contribution in [0.25, 0.3) is 11.3 Å². The Morgan fingerprint density at radius 3 is 2.78 bits per heavy atom. The van der Waals surface area contributed by atoms with Gasteiger partial charge in [-0.1, -0.05) is 11.6 Å². The number of carbonyl (C=O) groups excluding carboxylic acids is 2. The number of fused-ring (bicyclic) bond motifs is 3. The summed E-state index contributed by atoms with van der Waals surface area (Å²) < 4.78 is 5.04. The maximum atomic E-state index is 12.3. The Labute approximate surface area is 190 Å². The first-order valence-electron chi connectivity index (χ1n) is 10.1. The molecule has 8 nitrogen and oxygen atoms in total. The van der Waals surface area contributed by atoms with E-state index in [4.69, 9.17) is 16.3 Å². The highest BCUT2D eigenvalue weighted by atomic mass is 35.5. The minimum Gasteiger partial charge on any atom is -0.383 e. The van der Waals surface area contributed by atoms with Crippen molar-refractivity contribution in [2.75, 3.05) is 24.4 Å². The van der Waals surface area contributed by atoms with Gasteiger partial charge in [0.25, 0.3) is 5.91 Å². The van der Waals surface area contributed by atoms with Crippen LogP contribution in [0, 0.1) is 0 Å². The second-order valence-electron chi connectivity index (χ2n) is 7.51. The Kier molecular flexibility index (Phi) is 6.34. The lowest BCUT2D eigenvalue weighted by molar-refractivity contribution is -0.115. The number of hydrogen-bond donors (Lipinski definition) is 3. The van der Waals surface area contributed by atoms with Crippen molar-refractivity contribution < 1.29 is 14.3 Å². The zero-order valence-corrected chi connectivity index (χ0v) is 18.4. The van der Waals surface area contributed by atoms with Crippen molar-refractivity contribution in [2.45, 2.75) is 19.4 Å². The lowest BCUT2D eigenvalue weighted by Gasteiger charge is -2.13. The number of halogens is 1. The number of nitrogens with one attached hydrogen (secondary N) is 3. The molecule has 1 aliphatic rings. The van der Waals surface area contributed by atoms with E-state index in [1.54, 1.807) is 49.7 Å². The van der Waals surface area contributed by atoms with Crippen LogP contribution in [0.3, 0.4) is 0 Å². The van der Waals surface area contributed by atoms with E-state index in [2.05, 4.69) is 25.9 Å². The summed E-state index contributed by atoms with van der Waals surface area (Å²) in [4.78, 5) is 33.5. The summed E-state index contributed by atoms with van der Waals surface area (Å²) in [6.45, 7) is 2.32. The fourth-order valence-corrected chi connectivity index (χ4v) is 3.63. The van der Waals surface area contributed by atoms with Crippen LogP contribution < -0.4 is 16.0 Å². The van der Waals surface area contributed by atoms with Gasteiger partial charge < -0.3 is 20.7 Å². The minimum atomic E-state index is -0.171. The molecule has 1 aromatic heterocycles. The minimum absolute atomic E-state index is 0.0857. The van der Waals surface area contributed by atoms with E-state index in [0.29, 0.717) is 34.5 Å². The maximum Gasteiger partial charge on any atom is 0.251 e. The molecular formula is C23H22ClN5O3. The zero-order chi connectivity index (χ0) is 22.7. The highest BCUT2D eigenvalue weighted by Crippen LogP contribution is 2.34. The summed E-state index contributed by atoms with van der Waals surface area (Å²) in [5, 5.41) is 9.41. The highest BCUT2D eigenvalue weighted by molar-refractivity contribution is 6.31. The third-order valence-corrected chi connectivity index (χ3v) is 5.16. The molecule has 3 N–H and O–H groups in total. The van der Waals surface area contributed by atoms with Gasteiger partial charge in [0, 0.05) is 46.7 Å². The summed E-state index contributed by atoms with van der Waals surface area (Å²) in [5.74, 6) is 0.0602. The largest absolute Gasteiger partial charge is 0.383 e. The molecule has 0 saturated carbocycles. The summed E-state index contributed by atoms with van der Waals surface area (Å²) in [6.07, 6.45) is 1.82. The molecule has 4 rings (SSSR count). The van der Waals surface area contributed by atoms with Crippen molar-refractivity contribution >= 4 is 40.7 Å². The first kappa shape index (κ1) is 21.7. The number of nitrogens with zero attached hydrogens (tertiary/aromatic N) is 2. The summed E-state index contributed by atoms with van der Waals surface area (Å²) in [6, 6.07) is 12.2. The molecule has 2 amide bonds. The number of hydrogen-bond acceptors (Lipinski definition) is 6. The average molecular weight is 452 g/mol. The number of amides is 2. The molecule has 0 bridgehead atoms. The van der Waals surface area contributed by atoms with E-state index < -0.39 is 0 Å². The van der Waals surface area contributed by atoms with E-state index in [-0.39, 0.29) is 24.3 Å². The van der Waals surface area contributed by atoms with Crippen LogP contribution in [0.5, 0.6) is 0 Å². The van der Waals surface area contributed by atoms with Gasteiger partial charge in [0.1, 0.15) is 0 Å². The van der Waals surface area contributed by atoms with Crippen molar-refractivity contribution in [3.63, 3.8) is 0 Å². The SMILES string of the molecule is COCC(C)NC(=O)c1ccc(Nc2ncc3c(n2)-c2ccc(Cl)cc2NC(=O)C3)cc1. The number of anilines is 3. The Balaban J connectivity index is 1.55. The normalized spacial score (nSPS) is 13.3. The summed E-state index contributed by atoms with van der Waals surface area (Å²) >= 11 is 6.09. The number of methoxy groups -OCH3 is 1. The monoisotopic (exact) mass is 451 g/mol. The average Bonchev–Trinajstić information content (AvgIpc) is 2.89. The second kappa shape index (κ2) is 9.33. The number of benzene rings is 2. The van der Waals surface area contributed by atoms with E-state index >= 15 is 0 Å². The topological polar surface area (TPSA) is 105 Å². The molecule has 9 heteroatoms. The first-order valence-corrected chi connectivity index (χ1v) is 10.4. The molecule has 164 valence electrons. The van der Waals surface area contributed by atoms with Gasteiger partial charge in [0.05, 0.1) is 24.4 Å². The molecule has 2 heterocycles. The highest BCUT2D eigenvalue weighted by Gasteiger charge is 2.21. The van der Waals surface area contributed by atoms with Gasteiger partial charge in [0.15, 0.2) is 0 Å². The van der Waals surface area contributed by atoms with Crippen LogP contribution >= 0.6 is 11.6 Å². The van der Waals surface area contributed by atoms with E-state index in [0.717, 1.165) is 16.8 Å². The van der Waals surface area contributed by atoms with E-state index in [9.17, 15) is 9.59 Å². The van der Waals surface area contributed by atoms with E-state index in [1.807, 2.05) is 13.0 Å². The molecular weight excluding hydrogens is 430 g/mol. The zero-order valence-electron chi connectivity index (χ0n) is 17.6. The van der Waals surface area contributed by atoms with Crippen LogP contribution in [0.2, 0.25) is 5.02 Å². The van der Waals surface area contributed by atoms with E-state index in [1.165, 1.54) is 0 Å². The predicted octanol–water partition coefficient (Wildman–Crippen LogP) is 3.80. The van der Waals surface area contributed by atoms with Gasteiger partial charge in [-0.2, -0.15) is 0 Å². The van der Waals surface area contributed by atoms with Gasteiger partial charge in [-0.15, -0.1) is 0 Å². The molecule has 3 aromatic rings. The van der Waals surface area contributed by atoms with Crippen LogP contribution in [-0.2, 0) is 16.0 Å². The molecule has 1 atom stereocenters. The van der Waals surface area contributed by atoms with Gasteiger partial charge in [-0.25, -0.2) is 9.97 Å². The number of aromatic nitrogens is 2. The van der Waals surface area contributed by atoms with Gasteiger partial charge in [-0.3, -0.25) is 9.59 Å². The molecule has 0 radical (unpaired) electrons. The van der Waals surface area contributed by atoms with Crippen molar-refractivity contribution in [1.29, 1.82) is 0 Å². The van der Waals surface area contributed by atoms with Crippen LogP contribution in [0.1, 0.15) is 22.8 Å². The van der Waals surface area contributed by atoms with Crippen molar-refractivity contribution in [3.05, 3.63) is 64.8 Å². The molecule has 1 unspecified atom stereocenters. The molecule has 0 spiro atoms. The Morgan fingerprint density at radius 1 is 1.25 bits per heavy atom. The van der Waals surface area contributed by atoms with Crippen LogP contribution in [0.15, 0.2) is 48.7 Å². The lowest BCUT2D eigenvalue weighted by atomic mass is 10.1. The number of rotatable bonds is 6. The number of carbonyl (C=O) groups is 2. The standard InChI is InChI=1S/C23H22ClN5O3/c1-13(12-32-2)26-22(31)14-3-6-17(7-4-14)27-23-25-11-15-9-20(30)28-19-10-16(24)5-8-18(19)21(15)29-23/h3-8,10-11,13H,9,12H2,1-2H3,(H,26,31)(H,28,30)(H,25,27,29). The van der Waals surface area contributed by atoms with Crippen molar-refractivity contribution in [1.82, 2.24) is 15.3 Å². The molecule has 0 aliphatic carbocycles. The van der Waals surface area contributed by atoms with Crippen LogP contribution in [-0.4, -0.2) is 41.5 Å². The second-order valence-corrected chi connectivity index (χ2v) is 7.95. The number of ether oxygens (including phenoxy) is 1. The molecule has 0 saturated heterocycles. The summed E-state index contributed by atoms with van der Waals surface area (Å²) in [5.41, 5.74) is 4.05. The maximum absolute atomic E-state index is 12.3. The van der Waals surface area contributed by atoms with Crippen molar-refractivity contribution in [2.24, 2.45) is 0 Å². The molecule has 2 aromatic carbocycles. The molecule has 32 heavy (non-hydrogen) atoms. The Hall–Kier alpha value is -3.49. The van der Waals surface area contributed by atoms with Crippen LogP contribution in [0.4, 0.5) is 17.3 Å². The Morgan fingerprint density at radius 2 is 2.03 bits per heavy atom. The first-order chi connectivity index (χ1) is 15.4. The molecule has 1 aliphatic heterocycles. The quantitative estimate of drug-likeness (QED) is 0.526. The smallest absolute Gasteiger partial charge is 0.251 e. The lowest BCUT2D eigenvalue weighted by Crippen LogP contribution is -2.35. The third kappa shape index (κ3) is 4.87. The van der Waals surface area contributed by atoms with Crippen molar-refractivity contribution in [3.8, 4) is 11.3 Å². The third-order valence-electron chi connectivity index (χ3n) is 4.92. The predicted molar refractivity (Wildman–Crippen MR) is 123 cm³/mol. The fraction of sp³-hybridized carbons (Fsp3) is 0.217. The molecule has 0 fully saturated rings. The fourth-order valence-electron chi connectivity index (χ4n) is 3.46. The van der Waals surface area contributed by atoms with Gasteiger partial charge >= 0.3 is 0 Å². The summed E-state index contributed by atoms with van der Waals surface area (Å²) in [7, 11) is 1.59. The van der Waals surface area contributed by atoms with Gasteiger partial charge in [-0.05, 0) is 49.4 Å². The Bertz CT molecular complexity index is 1170.